The molecule has 0 saturated carbocycles. The van der Waals surface area contributed by atoms with Gasteiger partial charge in [-0.1, -0.05) is 12.1 Å². The number of para-hydroxylation sites is 1. The molecule has 2 unspecified atom stereocenters. The minimum Gasteiger partial charge on any atom is -0.448 e. The molecule has 1 fully saturated rings. The van der Waals surface area contributed by atoms with Crippen LogP contribution in [0.25, 0.3) is 21.0 Å². The summed E-state index contributed by atoms with van der Waals surface area (Å²) in [6, 6.07) is 11.3. The topological polar surface area (TPSA) is 87.4 Å². The zero-order valence-corrected chi connectivity index (χ0v) is 13.7. The summed E-state index contributed by atoms with van der Waals surface area (Å²) in [5.41, 5.74) is 0.919. The number of hydrogen-bond donors (Lipinski definition) is 3. The van der Waals surface area contributed by atoms with Gasteiger partial charge in [-0.3, -0.25) is 4.79 Å². The molecule has 1 saturated heterocycles. The molecule has 124 valence electrons. The third-order valence-electron chi connectivity index (χ3n) is 4.16. The van der Waals surface area contributed by atoms with Crippen LogP contribution in [0.2, 0.25) is 0 Å². The molecule has 7 heteroatoms. The first-order chi connectivity index (χ1) is 11.7. The van der Waals surface area contributed by atoms with Gasteiger partial charge in [0.25, 0.3) is 5.91 Å². The van der Waals surface area contributed by atoms with E-state index in [1.807, 2.05) is 24.3 Å². The summed E-state index contributed by atoms with van der Waals surface area (Å²) >= 11 is 1.53. The quantitative estimate of drug-likeness (QED) is 0.673. The number of aromatic nitrogens is 1. The van der Waals surface area contributed by atoms with E-state index in [2.05, 4.69) is 15.6 Å². The van der Waals surface area contributed by atoms with E-state index in [4.69, 9.17) is 4.42 Å². The van der Waals surface area contributed by atoms with Crippen molar-refractivity contribution >= 4 is 27.5 Å². The summed E-state index contributed by atoms with van der Waals surface area (Å²) in [5.74, 6) is 0.600. The zero-order chi connectivity index (χ0) is 16.5. The minimum absolute atomic E-state index is 0.0349. The van der Waals surface area contributed by atoms with Gasteiger partial charge in [-0.05, 0) is 24.3 Å². The summed E-state index contributed by atoms with van der Waals surface area (Å²) in [5, 5.41) is 16.4. The van der Waals surface area contributed by atoms with Gasteiger partial charge in [0.15, 0.2) is 16.5 Å². The maximum atomic E-state index is 12.2. The van der Waals surface area contributed by atoms with Crippen LogP contribution in [-0.4, -0.2) is 41.7 Å². The van der Waals surface area contributed by atoms with Gasteiger partial charge in [-0.15, -0.1) is 11.3 Å². The maximum absolute atomic E-state index is 12.2. The lowest BCUT2D eigenvalue weighted by Gasteiger charge is -2.13. The molecule has 4 rings (SSSR count). The molecule has 2 atom stereocenters. The number of furan rings is 1. The molecule has 2 aromatic heterocycles. The van der Waals surface area contributed by atoms with Gasteiger partial charge in [-0.25, -0.2) is 4.98 Å². The second-order valence-electron chi connectivity index (χ2n) is 5.85. The van der Waals surface area contributed by atoms with Crippen molar-refractivity contribution in [2.45, 2.75) is 6.10 Å². The number of carbonyl (C=O) groups excluding carboxylic acids is 1. The van der Waals surface area contributed by atoms with Crippen molar-refractivity contribution in [2.24, 2.45) is 5.92 Å². The smallest absolute Gasteiger partial charge is 0.287 e. The number of thiazole rings is 1. The van der Waals surface area contributed by atoms with Gasteiger partial charge in [0.2, 0.25) is 0 Å². The largest absolute Gasteiger partial charge is 0.448 e. The van der Waals surface area contributed by atoms with Gasteiger partial charge < -0.3 is 20.2 Å². The van der Waals surface area contributed by atoms with Crippen LogP contribution in [0.15, 0.2) is 40.8 Å². The van der Waals surface area contributed by atoms with Gasteiger partial charge in [0.05, 0.1) is 16.3 Å². The number of hydrogen-bond acceptors (Lipinski definition) is 6. The van der Waals surface area contributed by atoms with E-state index in [-0.39, 0.29) is 17.6 Å². The zero-order valence-electron chi connectivity index (χ0n) is 12.9. The third-order valence-corrected chi connectivity index (χ3v) is 5.21. The molecular weight excluding hydrogens is 326 g/mol. The molecule has 0 spiro atoms. The number of rotatable bonds is 4. The fraction of sp³-hybridized carbons (Fsp3) is 0.294. The standard InChI is InChI=1S/C17H17N3O3S/c21-12-9-18-7-10(12)8-19-16(22)13-5-6-14(23-13)17-20-11-3-1-2-4-15(11)24-17/h1-6,10,12,18,21H,7-9H2,(H,19,22). The normalized spacial score (nSPS) is 20.5. The molecule has 0 aliphatic carbocycles. The molecule has 3 heterocycles. The predicted octanol–water partition coefficient (Wildman–Crippen LogP) is 1.87. The van der Waals surface area contributed by atoms with Crippen molar-refractivity contribution in [3.8, 4) is 10.8 Å². The van der Waals surface area contributed by atoms with Crippen LogP contribution in [0.5, 0.6) is 0 Å². The van der Waals surface area contributed by atoms with Crippen LogP contribution >= 0.6 is 11.3 Å². The van der Waals surface area contributed by atoms with Crippen molar-refractivity contribution in [2.75, 3.05) is 19.6 Å². The number of amides is 1. The fourth-order valence-corrected chi connectivity index (χ4v) is 3.72. The summed E-state index contributed by atoms with van der Waals surface area (Å²) in [7, 11) is 0. The van der Waals surface area contributed by atoms with Crippen molar-refractivity contribution in [3.63, 3.8) is 0 Å². The highest BCUT2D eigenvalue weighted by Crippen LogP contribution is 2.31. The Kier molecular flexibility index (Phi) is 4.05. The highest BCUT2D eigenvalue weighted by atomic mass is 32.1. The van der Waals surface area contributed by atoms with Crippen LogP contribution < -0.4 is 10.6 Å². The van der Waals surface area contributed by atoms with E-state index in [1.165, 1.54) is 11.3 Å². The molecule has 0 bridgehead atoms. The lowest BCUT2D eigenvalue weighted by Crippen LogP contribution is -2.34. The fourth-order valence-electron chi connectivity index (χ4n) is 2.79. The summed E-state index contributed by atoms with van der Waals surface area (Å²) < 4.78 is 6.74. The number of β-amino-alcohol motifs (C(OH)–C–C–N with tert-alkyl or cyclic N) is 1. The SMILES string of the molecule is O=C(NCC1CNCC1O)c1ccc(-c2nc3ccccc3s2)o1. The van der Waals surface area contributed by atoms with E-state index in [1.54, 1.807) is 12.1 Å². The Hall–Kier alpha value is -2.22. The molecule has 1 amide bonds. The van der Waals surface area contributed by atoms with Gasteiger partial charge in [-0.2, -0.15) is 0 Å². The van der Waals surface area contributed by atoms with E-state index in [0.29, 0.717) is 25.4 Å². The summed E-state index contributed by atoms with van der Waals surface area (Å²) in [4.78, 5) is 16.7. The van der Waals surface area contributed by atoms with Crippen LogP contribution in [0, 0.1) is 5.92 Å². The van der Waals surface area contributed by atoms with Crippen molar-refractivity contribution in [3.05, 3.63) is 42.2 Å². The Morgan fingerprint density at radius 3 is 3.00 bits per heavy atom. The Balaban J connectivity index is 1.46. The van der Waals surface area contributed by atoms with Gasteiger partial charge in [0, 0.05) is 25.6 Å². The Morgan fingerprint density at radius 1 is 1.33 bits per heavy atom. The second-order valence-corrected chi connectivity index (χ2v) is 6.88. The highest BCUT2D eigenvalue weighted by molar-refractivity contribution is 7.21. The van der Waals surface area contributed by atoms with E-state index >= 15 is 0 Å². The highest BCUT2D eigenvalue weighted by Gasteiger charge is 2.25. The number of fused-ring (bicyclic) bond motifs is 1. The van der Waals surface area contributed by atoms with Crippen molar-refractivity contribution in [1.82, 2.24) is 15.6 Å². The molecule has 1 aliphatic heterocycles. The molecule has 3 N–H and O–H groups in total. The average molecular weight is 343 g/mol. The lowest BCUT2D eigenvalue weighted by molar-refractivity contribution is 0.0900. The van der Waals surface area contributed by atoms with E-state index in [9.17, 15) is 9.90 Å². The first-order valence-corrected chi connectivity index (χ1v) is 8.65. The Labute approximate surface area is 142 Å². The number of benzene rings is 1. The van der Waals surface area contributed by atoms with Crippen LogP contribution in [0.4, 0.5) is 0 Å². The van der Waals surface area contributed by atoms with Crippen LogP contribution in [0.1, 0.15) is 10.6 Å². The maximum Gasteiger partial charge on any atom is 0.287 e. The number of nitrogens with one attached hydrogen (secondary N) is 2. The number of aliphatic hydroxyl groups is 1. The number of aliphatic hydroxyl groups excluding tert-OH is 1. The predicted molar refractivity (Wildman–Crippen MR) is 92.0 cm³/mol. The summed E-state index contributed by atoms with van der Waals surface area (Å²) in [6.07, 6.45) is -0.416. The van der Waals surface area contributed by atoms with Crippen molar-refractivity contribution < 1.29 is 14.3 Å². The number of nitrogens with zero attached hydrogens (tertiary/aromatic N) is 1. The monoisotopic (exact) mass is 343 g/mol. The molecule has 24 heavy (non-hydrogen) atoms. The van der Waals surface area contributed by atoms with E-state index in [0.717, 1.165) is 15.2 Å². The second kappa shape index (κ2) is 6.35. The van der Waals surface area contributed by atoms with Gasteiger partial charge in [0.1, 0.15) is 0 Å². The molecule has 1 aromatic carbocycles. The van der Waals surface area contributed by atoms with Gasteiger partial charge >= 0.3 is 0 Å². The van der Waals surface area contributed by atoms with Crippen molar-refractivity contribution in [1.29, 1.82) is 0 Å². The average Bonchev–Trinajstić information content (AvgIpc) is 3.31. The molecule has 3 aromatic rings. The van der Waals surface area contributed by atoms with E-state index < -0.39 is 6.10 Å². The Morgan fingerprint density at radius 2 is 2.21 bits per heavy atom. The minimum atomic E-state index is -0.416. The first-order valence-electron chi connectivity index (χ1n) is 7.83. The molecule has 0 radical (unpaired) electrons. The molecule has 6 nitrogen and oxygen atoms in total. The Bertz CT molecular complexity index is 840. The van der Waals surface area contributed by atoms with Crippen LogP contribution in [-0.2, 0) is 0 Å². The third kappa shape index (κ3) is 2.93. The first kappa shape index (κ1) is 15.3. The summed E-state index contributed by atoms with van der Waals surface area (Å²) in [6.45, 7) is 1.70. The molecule has 1 aliphatic rings. The number of carbonyl (C=O) groups is 1. The molecular formula is C17H17N3O3S. The van der Waals surface area contributed by atoms with Crippen LogP contribution in [0.3, 0.4) is 0 Å². The lowest BCUT2D eigenvalue weighted by atomic mass is 10.1.